The summed E-state index contributed by atoms with van der Waals surface area (Å²) in [5.74, 6) is -0.567. The Balaban J connectivity index is 2.95. The summed E-state index contributed by atoms with van der Waals surface area (Å²) in [5.41, 5.74) is 4.65. The predicted octanol–water partition coefficient (Wildman–Crippen LogP) is 1.41. The molecule has 0 amide bonds. The summed E-state index contributed by atoms with van der Waals surface area (Å²) < 4.78 is 0. The molecule has 0 spiro atoms. The SMILES string of the molecule is CC(C)C1(C(=O)O)C=CC(CN)C=C1. The van der Waals surface area contributed by atoms with Crippen LogP contribution in [0.5, 0.6) is 0 Å². The molecule has 0 saturated carbocycles. The Morgan fingerprint density at radius 2 is 2.00 bits per heavy atom. The van der Waals surface area contributed by atoms with Gasteiger partial charge in [-0.05, 0) is 5.92 Å². The van der Waals surface area contributed by atoms with Crippen LogP contribution in [0.25, 0.3) is 0 Å². The molecular formula is C11H17NO2. The molecule has 1 rings (SSSR count). The minimum Gasteiger partial charge on any atom is -0.480 e. The van der Waals surface area contributed by atoms with Gasteiger partial charge >= 0.3 is 5.97 Å². The lowest BCUT2D eigenvalue weighted by molar-refractivity contribution is -0.145. The molecule has 0 aliphatic heterocycles. The van der Waals surface area contributed by atoms with E-state index in [9.17, 15) is 9.90 Å². The molecule has 0 atom stereocenters. The van der Waals surface area contributed by atoms with Crippen LogP contribution in [0.15, 0.2) is 24.3 Å². The van der Waals surface area contributed by atoms with Gasteiger partial charge in [0.05, 0.1) is 0 Å². The minimum atomic E-state index is -0.842. The minimum absolute atomic E-state index is 0.0474. The number of carbonyl (C=O) groups is 1. The number of nitrogens with two attached hydrogens (primary N) is 1. The largest absolute Gasteiger partial charge is 0.480 e. The first-order valence-electron chi connectivity index (χ1n) is 4.85. The van der Waals surface area contributed by atoms with Crippen molar-refractivity contribution in [2.75, 3.05) is 6.54 Å². The summed E-state index contributed by atoms with van der Waals surface area (Å²) in [6, 6.07) is 0. The van der Waals surface area contributed by atoms with Crippen LogP contribution < -0.4 is 5.73 Å². The Hall–Kier alpha value is -1.09. The van der Waals surface area contributed by atoms with E-state index in [0.29, 0.717) is 6.54 Å². The van der Waals surface area contributed by atoms with Crippen LogP contribution in [0.4, 0.5) is 0 Å². The molecule has 0 radical (unpaired) electrons. The van der Waals surface area contributed by atoms with Crippen molar-refractivity contribution in [2.24, 2.45) is 23.0 Å². The molecule has 78 valence electrons. The zero-order chi connectivity index (χ0) is 10.8. The van der Waals surface area contributed by atoms with E-state index >= 15 is 0 Å². The molecule has 3 N–H and O–H groups in total. The fraction of sp³-hybridized carbons (Fsp3) is 0.545. The van der Waals surface area contributed by atoms with Gasteiger partial charge in [0.15, 0.2) is 0 Å². The Morgan fingerprint density at radius 1 is 1.50 bits per heavy atom. The van der Waals surface area contributed by atoms with E-state index in [1.165, 1.54) is 0 Å². The van der Waals surface area contributed by atoms with Crippen molar-refractivity contribution >= 4 is 5.97 Å². The van der Waals surface area contributed by atoms with Crippen molar-refractivity contribution in [3.05, 3.63) is 24.3 Å². The number of carboxylic acid groups (broad SMARTS) is 1. The third-order valence-electron chi connectivity index (χ3n) is 2.84. The van der Waals surface area contributed by atoms with Gasteiger partial charge in [-0.15, -0.1) is 0 Å². The van der Waals surface area contributed by atoms with E-state index in [4.69, 9.17) is 5.73 Å². The Kier molecular flexibility index (Phi) is 3.11. The van der Waals surface area contributed by atoms with E-state index in [1.807, 2.05) is 26.0 Å². The van der Waals surface area contributed by atoms with Crippen molar-refractivity contribution in [1.82, 2.24) is 0 Å². The van der Waals surface area contributed by atoms with E-state index in [0.717, 1.165) is 0 Å². The number of carboxylic acids is 1. The standard InChI is InChI=1S/C11H17NO2/c1-8(2)11(10(13)14)5-3-9(7-12)4-6-11/h3-6,8-9H,7,12H2,1-2H3,(H,13,14). The third kappa shape index (κ3) is 1.73. The summed E-state index contributed by atoms with van der Waals surface area (Å²) in [6.07, 6.45) is 7.29. The lowest BCUT2D eigenvalue weighted by atomic mass is 9.73. The maximum atomic E-state index is 11.2. The molecule has 3 nitrogen and oxygen atoms in total. The van der Waals surface area contributed by atoms with Gasteiger partial charge in [0, 0.05) is 12.5 Å². The van der Waals surface area contributed by atoms with Crippen LogP contribution in [0, 0.1) is 17.3 Å². The van der Waals surface area contributed by atoms with Gasteiger partial charge in [-0.2, -0.15) is 0 Å². The molecule has 3 heteroatoms. The Bertz CT molecular complexity index is 265. The van der Waals surface area contributed by atoms with E-state index in [1.54, 1.807) is 12.2 Å². The molecule has 14 heavy (non-hydrogen) atoms. The zero-order valence-electron chi connectivity index (χ0n) is 8.60. The van der Waals surface area contributed by atoms with E-state index < -0.39 is 11.4 Å². The Morgan fingerprint density at radius 3 is 2.29 bits per heavy atom. The second-order valence-electron chi connectivity index (χ2n) is 4.01. The molecule has 1 aliphatic rings. The predicted molar refractivity (Wildman–Crippen MR) is 55.7 cm³/mol. The lowest BCUT2D eigenvalue weighted by Crippen LogP contribution is -2.34. The fourth-order valence-corrected chi connectivity index (χ4v) is 1.62. The zero-order valence-corrected chi connectivity index (χ0v) is 8.60. The maximum absolute atomic E-state index is 11.2. The molecule has 0 aromatic heterocycles. The Labute approximate surface area is 84.3 Å². The van der Waals surface area contributed by atoms with Crippen molar-refractivity contribution in [2.45, 2.75) is 13.8 Å². The average molecular weight is 195 g/mol. The lowest BCUT2D eigenvalue weighted by Gasteiger charge is -2.30. The van der Waals surface area contributed by atoms with Crippen LogP contribution in [0.2, 0.25) is 0 Å². The first-order chi connectivity index (χ1) is 6.53. The highest BCUT2D eigenvalue weighted by molar-refractivity contribution is 5.80. The van der Waals surface area contributed by atoms with E-state index in [2.05, 4.69) is 0 Å². The van der Waals surface area contributed by atoms with Crippen LogP contribution in [0.3, 0.4) is 0 Å². The van der Waals surface area contributed by atoms with Gasteiger partial charge < -0.3 is 10.8 Å². The summed E-state index contributed by atoms with van der Waals surface area (Å²) in [7, 11) is 0. The quantitative estimate of drug-likeness (QED) is 0.669. The van der Waals surface area contributed by atoms with E-state index in [-0.39, 0.29) is 11.8 Å². The highest BCUT2D eigenvalue weighted by Crippen LogP contribution is 2.35. The molecule has 0 fully saturated rings. The number of rotatable bonds is 3. The second-order valence-corrected chi connectivity index (χ2v) is 4.01. The first-order valence-corrected chi connectivity index (χ1v) is 4.85. The van der Waals surface area contributed by atoms with Crippen LogP contribution in [0.1, 0.15) is 13.8 Å². The summed E-state index contributed by atoms with van der Waals surface area (Å²) >= 11 is 0. The number of hydrogen-bond acceptors (Lipinski definition) is 2. The van der Waals surface area contributed by atoms with Crippen molar-refractivity contribution in [3.8, 4) is 0 Å². The normalized spacial score (nSPS) is 31.0. The third-order valence-corrected chi connectivity index (χ3v) is 2.84. The molecule has 1 aliphatic carbocycles. The van der Waals surface area contributed by atoms with Gasteiger partial charge in [0.25, 0.3) is 0 Å². The topological polar surface area (TPSA) is 63.3 Å². The molecule has 0 aromatic carbocycles. The fourth-order valence-electron chi connectivity index (χ4n) is 1.62. The monoisotopic (exact) mass is 195 g/mol. The molecular weight excluding hydrogens is 178 g/mol. The molecule has 0 bridgehead atoms. The van der Waals surface area contributed by atoms with Crippen LogP contribution in [-0.2, 0) is 4.79 Å². The van der Waals surface area contributed by atoms with Gasteiger partial charge in [-0.3, -0.25) is 4.79 Å². The second kappa shape index (κ2) is 3.96. The highest BCUT2D eigenvalue weighted by Gasteiger charge is 2.38. The van der Waals surface area contributed by atoms with Gasteiger partial charge in [-0.25, -0.2) is 0 Å². The van der Waals surface area contributed by atoms with Crippen molar-refractivity contribution in [1.29, 1.82) is 0 Å². The highest BCUT2D eigenvalue weighted by atomic mass is 16.4. The van der Waals surface area contributed by atoms with Crippen molar-refractivity contribution in [3.63, 3.8) is 0 Å². The smallest absolute Gasteiger partial charge is 0.317 e. The van der Waals surface area contributed by atoms with Gasteiger partial charge in [0.1, 0.15) is 5.41 Å². The van der Waals surface area contributed by atoms with Gasteiger partial charge in [0.2, 0.25) is 0 Å². The summed E-state index contributed by atoms with van der Waals surface area (Å²) in [4.78, 5) is 11.2. The summed E-state index contributed by atoms with van der Waals surface area (Å²) in [5, 5.41) is 9.18. The first kappa shape index (κ1) is 11.0. The molecule has 0 unspecified atom stereocenters. The van der Waals surface area contributed by atoms with Gasteiger partial charge in [-0.1, -0.05) is 38.2 Å². The number of hydrogen-bond donors (Lipinski definition) is 2. The average Bonchev–Trinajstić information content (AvgIpc) is 2.17. The van der Waals surface area contributed by atoms with Crippen molar-refractivity contribution < 1.29 is 9.90 Å². The maximum Gasteiger partial charge on any atom is 0.317 e. The summed E-state index contributed by atoms with van der Waals surface area (Å²) in [6.45, 7) is 4.35. The molecule has 0 aromatic rings. The van der Waals surface area contributed by atoms with Crippen LogP contribution >= 0.6 is 0 Å². The number of aliphatic carboxylic acids is 1. The molecule has 0 heterocycles. The van der Waals surface area contributed by atoms with Crippen LogP contribution in [-0.4, -0.2) is 17.6 Å². The molecule has 0 saturated heterocycles.